The first-order valence-electron chi connectivity index (χ1n) is 7.03. The second-order valence-electron chi connectivity index (χ2n) is 5.57. The monoisotopic (exact) mass is 257 g/mol. The summed E-state index contributed by atoms with van der Waals surface area (Å²) in [5, 5.41) is 9.23. The molecule has 1 heterocycles. The second-order valence-corrected chi connectivity index (χ2v) is 5.57. The number of carbonyl (C=O) groups is 1. The summed E-state index contributed by atoms with van der Waals surface area (Å²) in [6, 6.07) is 0. The molecule has 0 amide bonds. The molecule has 4 nitrogen and oxygen atoms in total. The molecule has 0 aromatic rings. The normalized spacial score (nSPS) is 28.9. The first-order valence-corrected chi connectivity index (χ1v) is 7.03. The van der Waals surface area contributed by atoms with Crippen LogP contribution in [0.1, 0.15) is 47.0 Å². The number of carboxylic acids is 1. The van der Waals surface area contributed by atoms with E-state index in [1.807, 2.05) is 0 Å². The van der Waals surface area contributed by atoms with Crippen LogP contribution in [0.2, 0.25) is 0 Å². The van der Waals surface area contributed by atoms with Crippen LogP contribution in [-0.4, -0.2) is 47.3 Å². The molecule has 1 fully saturated rings. The number of aliphatic carboxylic acids is 1. The summed E-state index contributed by atoms with van der Waals surface area (Å²) in [5.41, 5.74) is -0.220. The van der Waals surface area contributed by atoms with Crippen molar-refractivity contribution in [2.45, 2.75) is 58.6 Å². The Morgan fingerprint density at radius 1 is 1.44 bits per heavy atom. The molecule has 0 aromatic heterocycles. The molecule has 0 saturated carbocycles. The highest BCUT2D eigenvalue weighted by Crippen LogP contribution is 2.36. The standard InChI is InChI=1S/C14H27NO3/c1-5-15(6-2)14(10-13(16)17)7-8-18-12(9-14)11(3)4/h11-12H,5-10H2,1-4H3,(H,16,17). The Bertz CT molecular complexity index is 276. The summed E-state index contributed by atoms with van der Waals surface area (Å²) < 4.78 is 5.80. The van der Waals surface area contributed by atoms with Crippen molar-refractivity contribution in [2.75, 3.05) is 19.7 Å². The van der Waals surface area contributed by atoms with Crippen LogP contribution >= 0.6 is 0 Å². The zero-order valence-electron chi connectivity index (χ0n) is 12.1. The molecule has 4 heteroatoms. The summed E-state index contributed by atoms with van der Waals surface area (Å²) in [4.78, 5) is 13.5. The van der Waals surface area contributed by atoms with E-state index >= 15 is 0 Å². The van der Waals surface area contributed by atoms with Crippen molar-refractivity contribution in [3.63, 3.8) is 0 Å². The molecular formula is C14H27NO3. The SMILES string of the molecule is CCN(CC)C1(CC(=O)O)CCOC(C(C)C)C1. The number of carboxylic acid groups (broad SMARTS) is 1. The lowest BCUT2D eigenvalue weighted by molar-refractivity contribution is -0.146. The summed E-state index contributed by atoms with van der Waals surface area (Å²) in [7, 11) is 0. The maximum atomic E-state index is 11.2. The van der Waals surface area contributed by atoms with Crippen LogP contribution in [0.3, 0.4) is 0 Å². The van der Waals surface area contributed by atoms with Crippen molar-refractivity contribution in [1.29, 1.82) is 0 Å². The van der Waals surface area contributed by atoms with Gasteiger partial charge in [0.15, 0.2) is 0 Å². The quantitative estimate of drug-likeness (QED) is 0.793. The molecule has 1 rings (SSSR count). The van der Waals surface area contributed by atoms with E-state index in [2.05, 4.69) is 32.6 Å². The van der Waals surface area contributed by atoms with Gasteiger partial charge in [-0.2, -0.15) is 0 Å². The van der Waals surface area contributed by atoms with Gasteiger partial charge < -0.3 is 9.84 Å². The Hall–Kier alpha value is -0.610. The van der Waals surface area contributed by atoms with E-state index in [0.717, 1.165) is 25.9 Å². The molecule has 18 heavy (non-hydrogen) atoms. The van der Waals surface area contributed by atoms with Crippen LogP contribution in [0, 0.1) is 5.92 Å². The van der Waals surface area contributed by atoms with E-state index in [0.29, 0.717) is 12.5 Å². The fourth-order valence-corrected chi connectivity index (χ4v) is 3.10. The van der Waals surface area contributed by atoms with Gasteiger partial charge in [0.1, 0.15) is 0 Å². The van der Waals surface area contributed by atoms with E-state index in [4.69, 9.17) is 4.74 Å². The van der Waals surface area contributed by atoms with Crippen molar-refractivity contribution in [1.82, 2.24) is 4.90 Å². The third-order valence-corrected chi connectivity index (χ3v) is 4.14. The molecule has 1 saturated heterocycles. The lowest BCUT2D eigenvalue weighted by Crippen LogP contribution is -2.56. The zero-order chi connectivity index (χ0) is 13.8. The van der Waals surface area contributed by atoms with Gasteiger partial charge in [0.2, 0.25) is 0 Å². The number of nitrogens with zero attached hydrogens (tertiary/aromatic N) is 1. The van der Waals surface area contributed by atoms with E-state index in [1.54, 1.807) is 0 Å². The summed E-state index contributed by atoms with van der Waals surface area (Å²) in [6.45, 7) is 11.0. The van der Waals surface area contributed by atoms with Gasteiger partial charge >= 0.3 is 5.97 Å². The van der Waals surface area contributed by atoms with Crippen LogP contribution in [0.25, 0.3) is 0 Å². The fraction of sp³-hybridized carbons (Fsp3) is 0.929. The van der Waals surface area contributed by atoms with Crippen LogP contribution in [-0.2, 0) is 9.53 Å². The Labute approximate surface area is 110 Å². The highest BCUT2D eigenvalue weighted by molar-refractivity contribution is 5.68. The number of rotatable bonds is 6. The van der Waals surface area contributed by atoms with Gasteiger partial charge in [0.05, 0.1) is 12.5 Å². The predicted molar refractivity (Wildman–Crippen MR) is 71.7 cm³/mol. The molecule has 0 spiro atoms. The first-order chi connectivity index (χ1) is 8.45. The van der Waals surface area contributed by atoms with Gasteiger partial charge in [-0.1, -0.05) is 27.7 Å². The van der Waals surface area contributed by atoms with Crippen LogP contribution < -0.4 is 0 Å². The van der Waals surface area contributed by atoms with Gasteiger partial charge in [0, 0.05) is 12.1 Å². The molecule has 2 atom stereocenters. The number of hydrogen-bond donors (Lipinski definition) is 1. The average Bonchev–Trinajstić information content (AvgIpc) is 2.29. The molecule has 1 aliphatic heterocycles. The summed E-state index contributed by atoms with van der Waals surface area (Å²) >= 11 is 0. The average molecular weight is 257 g/mol. The molecule has 2 unspecified atom stereocenters. The van der Waals surface area contributed by atoms with Crippen LogP contribution in [0.5, 0.6) is 0 Å². The van der Waals surface area contributed by atoms with E-state index in [1.165, 1.54) is 0 Å². The predicted octanol–water partition coefficient (Wildman–Crippen LogP) is 2.38. The smallest absolute Gasteiger partial charge is 0.305 e. The van der Waals surface area contributed by atoms with E-state index < -0.39 is 5.97 Å². The molecule has 0 aromatic carbocycles. The Balaban J connectivity index is 2.92. The number of hydrogen-bond acceptors (Lipinski definition) is 3. The number of ether oxygens (including phenoxy) is 1. The molecule has 106 valence electrons. The second kappa shape index (κ2) is 6.53. The maximum absolute atomic E-state index is 11.2. The van der Waals surface area contributed by atoms with E-state index in [-0.39, 0.29) is 18.1 Å². The van der Waals surface area contributed by atoms with Gasteiger partial charge in [-0.3, -0.25) is 9.69 Å². The molecule has 1 aliphatic rings. The topological polar surface area (TPSA) is 49.8 Å². The van der Waals surface area contributed by atoms with Gasteiger partial charge in [-0.25, -0.2) is 0 Å². The lowest BCUT2D eigenvalue weighted by Gasteiger charge is -2.48. The van der Waals surface area contributed by atoms with Gasteiger partial charge in [-0.05, 0) is 31.8 Å². The molecular weight excluding hydrogens is 230 g/mol. The third kappa shape index (κ3) is 3.45. The Kier molecular flexibility index (Phi) is 5.60. The fourth-order valence-electron chi connectivity index (χ4n) is 3.10. The largest absolute Gasteiger partial charge is 0.481 e. The molecule has 0 radical (unpaired) electrons. The maximum Gasteiger partial charge on any atom is 0.305 e. The van der Waals surface area contributed by atoms with Crippen molar-refractivity contribution < 1.29 is 14.6 Å². The molecule has 0 aliphatic carbocycles. The minimum Gasteiger partial charge on any atom is -0.481 e. The van der Waals surface area contributed by atoms with Gasteiger partial charge in [0.25, 0.3) is 0 Å². The highest BCUT2D eigenvalue weighted by atomic mass is 16.5. The minimum absolute atomic E-state index is 0.179. The highest BCUT2D eigenvalue weighted by Gasteiger charge is 2.43. The van der Waals surface area contributed by atoms with Gasteiger partial charge in [-0.15, -0.1) is 0 Å². The van der Waals surface area contributed by atoms with E-state index in [9.17, 15) is 9.90 Å². The minimum atomic E-state index is -0.702. The van der Waals surface area contributed by atoms with Crippen molar-refractivity contribution in [3.05, 3.63) is 0 Å². The first kappa shape index (κ1) is 15.4. The summed E-state index contributed by atoms with van der Waals surface area (Å²) in [6.07, 6.45) is 2.06. The Morgan fingerprint density at radius 2 is 2.06 bits per heavy atom. The molecule has 1 N–H and O–H groups in total. The summed E-state index contributed by atoms with van der Waals surface area (Å²) in [5.74, 6) is -0.264. The Morgan fingerprint density at radius 3 is 2.50 bits per heavy atom. The third-order valence-electron chi connectivity index (χ3n) is 4.14. The molecule has 0 bridgehead atoms. The zero-order valence-corrected chi connectivity index (χ0v) is 12.1. The lowest BCUT2D eigenvalue weighted by atomic mass is 9.79. The van der Waals surface area contributed by atoms with Crippen LogP contribution in [0.4, 0.5) is 0 Å². The van der Waals surface area contributed by atoms with Crippen molar-refractivity contribution in [2.24, 2.45) is 5.92 Å². The van der Waals surface area contributed by atoms with Crippen molar-refractivity contribution >= 4 is 5.97 Å². The van der Waals surface area contributed by atoms with Crippen LogP contribution in [0.15, 0.2) is 0 Å². The van der Waals surface area contributed by atoms with Crippen molar-refractivity contribution in [3.8, 4) is 0 Å².